The SMILES string of the molecule is Cc1nc(Br)cc(Nc2ccc(C)c(Cl)c2)n1. The average Bonchev–Trinajstić information content (AvgIpc) is 2.22. The van der Waals surface area contributed by atoms with Crippen molar-refractivity contribution in [1.82, 2.24) is 9.97 Å². The van der Waals surface area contributed by atoms with Gasteiger partial charge in [-0.1, -0.05) is 17.7 Å². The van der Waals surface area contributed by atoms with Crippen LogP contribution >= 0.6 is 27.5 Å². The molecule has 0 aliphatic rings. The normalized spacial score (nSPS) is 10.4. The Morgan fingerprint density at radius 3 is 2.59 bits per heavy atom. The van der Waals surface area contributed by atoms with Gasteiger partial charge in [-0.15, -0.1) is 0 Å². The first-order valence-corrected chi connectivity index (χ1v) is 6.26. The third kappa shape index (κ3) is 3.17. The summed E-state index contributed by atoms with van der Waals surface area (Å²) in [5, 5.41) is 3.92. The molecule has 0 amide bonds. The molecule has 1 heterocycles. The molecule has 3 nitrogen and oxygen atoms in total. The summed E-state index contributed by atoms with van der Waals surface area (Å²) in [4.78, 5) is 8.43. The molecule has 17 heavy (non-hydrogen) atoms. The molecule has 2 aromatic rings. The second-order valence-corrected chi connectivity index (χ2v) is 4.93. The summed E-state index contributed by atoms with van der Waals surface area (Å²) < 4.78 is 0.755. The van der Waals surface area contributed by atoms with Gasteiger partial charge in [0.1, 0.15) is 16.2 Å². The zero-order valence-corrected chi connectivity index (χ0v) is 11.8. The molecule has 0 unspecified atom stereocenters. The molecule has 1 N–H and O–H groups in total. The van der Waals surface area contributed by atoms with Crippen LogP contribution < -0.4 is 5.32 Å². The molecule has 2 rings (SSSR count). The Bertz CT molecular complexity index is 537. The minimum absolute atomic E-state index is 0.708. The quantitative estimate of drug-likeness (QED) is 0.842. The fourth-order valence-electron chi connectivity index (χ4n) is 1.41. The first-order chi connectivity index (χ1) is 8.04. The van der Waals surface area contributed by atoms with Gasteiger partial charge in [-0.05, 0) is 47.5 Å². The van der Waals surface area contributed by atoms with E-state index in [1.165, 1.54) is 0 Å². The number of rotatable bonds is 2. The molecule has 0 aliphatic heterocycles. The first-order valence-electron chi connectivity index (χ1n) is 5.09. The van der Waals surface area contributed by atoms with Crippen LogP contribution in [-0.2, 0) is 0 Å². The second-order valence-electron chi connectivity index (χ2n) is 3.71. The third-order valence-corrected chi connectivity index (χ3v) is 3.06. The van der Waals surface area contributed by atoms with Crippen LogP contribution in [0.4, 0.5) is 11.5 Å². The van der Waals surface area contributed by atoms with Crippen LogP contribution in [0, 0.1) is 13.8 Å². The second kappa shape index (κ2) is 5.02. The standard InChI is InChI=1S/C12H11BrClN3/c1-7-3-4-9(5-10(7)14)17-12-6-11(13)15-8(2)16-12/h3-6H,1-2H3,(H,15,16,17). The Labute approximate surface area is 113 Å². The molecule has 1 aromatic carbocycles. The topological polar surface area (TPSA) is 37.8 Å². The van der Waals surface area contributed by atoms with E-state index in [9.17, 15) is 0 Å². The van der Waals surface area contributed by atoms with Gasteiger partial charge in [0, 0.05) is 16.8 Å². The maximum absolute atomic E-state index is 6.06. The number of benzene rings is 1. The van der Waals surface area contributed by atoms with Gasteiger partial charge in [0.05, 0.1) is 0 Å². The van der Waals surface area contributed by atoms with E-state index < -0.39 is 0 Å². The van der Waals surface area contributed by atoms with E-state index in [2.05, 4.69) is 31.2 Å². The Balaban J connectivity index is 2.28. The highest BCUT2D eigenvalue weighted by atomic mass is 79.9. The monoisotopic (exact) mass is 311 g/mol. The highest BCUT2D eigenvalue weighted by molar-refractivity contribution is 9.10. The lowest BCUT2D eigenvalue weighted by atomic mass is 10.2. The molecule has 0 saturated carbocycles. The number of nitrogens with zero attached hydrogens (tertiary/aromatic N) is 2. The lowest BCUT2D eigenvalue weighted by Gasteiger charge is -2.08. The highest BCUT2D eigenvalue weighted by Gasteiger charge is 2.02. The lowest BCUT2D eigenvalue weighted by Crippen LogP contribution is -1.97. The Kier molecular flexibility index (Phi) is 3.64. The van der Waals surface area contributed by atoms with Crippen LogP contribution in [0.25, 0.3) is 0 Å². The van der Waals surface area contributed by atoms with Gasteiger partial charge in [0.15, 0.2) is 0 Å². The third-order valence-electron chi connectivity index (χ3n) is 2.25. The van der Waals surface area contributed by atoms with Crippen LogP contribution in [0.15, 0.2) is 28.9 Å². The molecule has 0 saturated heterocycles. The molecule has 0 fully saturated rings. The van der Waals surface area contributed by atoms with Crippen molar-refractivity contribution >= 4 is 39.0 Å². The summed E-state index contributed by atoms with van der Waals surface area (Å²) in [5.41, 5.74) is 1.96. The number of nitrogens with one attached hydrogen (secondary N) is 1. The fraction of sp³-hybridized carbons (Fsp3) is 0.167. The van der Waals surface area contributed by atoms with E-state index in [1.807, 2.05) is 38.1 Å². The van der Waals surface area contributed by atoms with Crippen LogP contribution in [0.5, 0.6) is 0 Å². The van der Waals surface area contributed by atoms with Gasteiger partial charge in [0.25, 0.3) is 0 Å². The molecule has 0 radical (unpaired) electrons. The molecular formula is C12H11BrClN3. The molecular weight excluding hydrogens is 302 g/mol. The lowest BCUT2D eigenvalue weighted by molar-refractivity contribution is 1.04. The van der Waals surface area contributed by atoms with Gasteiger partial charge in [-0.3, -0.25) is 0 Å². The number of hydrogen-bond acceptors (Lipinski definition) is 3. The van der Waals surface area contributed by atoms with Crippen molar-refractivity contribution in [1.29, 1.82) is 0 Å². The van der Waals surface area contributed by atoms with Crippen molar-refractivity contribution in [3.63, 3.8) is 0 Å². The van der Waals surface area contributed by atoms with Crippen LogP contribution in [0.2, 0.25) is 5.02 Å². The summed E-state index contributed by atoms with van der Waals surface area (Å²) in [6.45, 7) is 3.82. The van der Waals surface area contributed by atoms with Gasteiger partial charge in [-0.25, -0.2) is 9.97 Å². The predicted molar refractivity (Wildman–Crippen MR) is 73.9 cm³/mol. The van der Waals surface area contributed by atoms with E-state index in [1.54, 1.807) is 0 Å². The maximum atomic E-state index is 6.06. The molecule has 5 heteroatoms. The number of halogens is 2. The van der Waals surface area contributed by atoms with Crippen molar-refractivity contribution in [3.8, 4) is 0 Å². The Morgan fingerprint density at radius 1 is 1.18 bits per heavy atom. The minimum atomic E-state index is 0.708. The number of aryl methyl sites for hydroxylation is 2. The first kappa shape index (κ1) is 12.3. The summed E-state index contributed by atoms with van der Waals surface area (Å²) in [6, 6.07) is 7.63. The van der Waals surface area contributed by atoms with Crippen molar-refractivity contribution in [3.05, 3.63) is 45.3 Å². The fourth-order valence-corrected chi connectivity index (χ4v) is 2.07. The van der Waals surface area contributed by atoms with Crippen LogP contribution in [0.1, 0.15) is 11.4 Å². The Morgan fingerprint density at radius 2 is 1.94 bits per heavy atom. The van der Waals surface area contributed by atoms with Crippen molar-refractivity contribution in [2.24, 2.45) is 0 Å². The number of anilines is 2. The summed E-state index contributed by atoms with van der Waals surface area (Å²) in [6.07, 6.45) is 0. The van der Waals surface area contributed by atoms with Crippen LogP contribution in [0.3, 0.4) is 0 Å². The van der Waals surface area contributed by atoms with Gasteiger partial charge in [0.2, 0.25) is 0 Å². The smallest absolute Gasteiger partial charge is 0.135 e. The van der Waals surface area contributed by atoms with Crippen molar-refractivity contribution in [2.75, 3.05) is 5.32 Å². The molecule has 0 atom stereocenters. The van der Waals surface area contributed by atoms with Gasteiger partial charge < -0.3 is 5.32 Å². The maximum Gasteiger partial charge on any atom is 0.135 e. The zero-order valence-electron chi connectivity index (χ0n) is 9.46. The van der Waals surface area contributed by atoms with E-state index in [4.69, 9.17) is 11.6 Å². The summed E-state index contributed by atoms with van der Waals surface area (Å²) in [5.74, 6) is 1.45. The number of aromatic nitrogens is 2. The predicted octanol–water partition coefficient (Wildman–Crippen LogP) is 4.25. The molecule has 88 valence electrons. The molecule has 1 aromatic heterocycles. The molecule has 0 aliphatic carbocycles. The van der Waals surface area contributed by atoms with Gasteiger partial charge in [-0.2, -0.15) is 0 Å². The van der Waals surface area contributed by atoms with Crippen molar-refractivity contribution in [2.45, 2.75) is 13.8 Å². The largest absolute Gasteiger partial charge is 0.340 e. The van der Waals surface area contributed by atoms with E-state index in [0.717, 1.165) is 26.7 Å². The number of hydrogen-bond donors (Lipinski definition) is 1. The van der Waals surface area contributed by atoms with Gasteiger partial charge >= 0.3 is 0 Å². The molecule has 0 spiro atoms. The van der Waals surface area contributed by atoms with Crippen molar-refractivity contribution < 1.29 is 0 Å². The highest BCUT2D eigenvalue weighted by Crippen LogP contribution is 2.23. The summed E-state index contributed by atoms with van der Waals surface area (Å²) >= 11 is 9.40. The Hall–Kier alpha value is -1.13. The molecule has 0 bridgehead atoms. The summed E-state index contributed by atoms with van der Waals surface area (Å²) in [7, 11) is 0. The van der Waals surface area contributed by atoms with E-state index in [-0.39, 0.29) is 0 Å². The van der Waals surface area contributed by atoms with E-state index >= 15 is 0 Å². The average molecular weight is 313 g/mol. The zero-order chi connectivity index (χ0) is 12.4. The van der Waals surface area contributed by atoms with E-state index in [0.29, 0.717) is 5.82 Å². The van der Waals surface area contributed by atoms with Crippen LogP contribution in [-0.4, -0.2) is 9.97 Å². The minimum Gasteiger partial charge on any atom is -0.340 e.